The smallest absolute Gasteiger partial charge is 1.00 e. The number of alkyl halides is 1. The zero-order valence-electron chi connectivity index (χ0n) is 28.6. The van der Waals surface area contributed by atoms with Gasteiger partial charge in [-0.1, -0.05) is 58.8 Å². The van der Waals surface area contributed by atoms with E-state index >= 15 is 0 Å². The van der Waals surface area contributed by atoms with Gasteiger partial charge < -0.3 is 31.9 Å². The summed E-state index contributed by atoms with van der Waals surface area (Å²) >= 11 is 7.54. The van der Waals surface area contributed by atoms with Crippen molar-refractivity contribution in [3.05, 3.63) is 82.9 Å². The van der Waals surface area contributed by atoms with E-state index in [9.17, 15) is 14.4 Å². The topological polar surface area (TPSA) is 83.9 Å². The van der Waals surface area contributed by atoms with Gasteiger partial charge in [-0.15, -0.1) is 39.5 Å². The van der Waals surface area contributed by atoms with Crippen LogP contribution in [0.2, 0.25) is 0 Å². The minimum absolute atomic E-state index is 0. The Labute approximate surface area is 341 Å². The number of unbranched alkanes of at least 4 members (excludes halogenated alkanes) is 2. The molecule has 12 heteroatoms. The fourth-order valence-corrected chi connectivity index (χ4v) is 2.05. The normalized spacial score (nSPS) is 7.58. The van der Waals surface area contributed by atoms with Crippen molar-refractivity contribution in [2.45, 2.75) is 77.0 Å². The molecule has 0 rings (SSSR count). The van der Waals surface area contributed by atoms with E-state index in [0.29, 0.717) is 37.9 Å². The molecule has 0 aromatic heterocycles. The average Bonchev–Trinajstić information content (AvgIpc) is 2.97. The van der Waals surface area contributed by atoms with Gasteiger partial charge in [0.15, 0.2) is 0 Å². The Hall–Kier alpha value is 0.962. The van der Waals surface area contributed by atoms with Crippen molar-refractivity contribution in [2.75, 3.05) is 19.5 Å². The fraction of sp³-hybridized carbons (Fsp3) is 0.484. The molecule has 0 saturated heterocycles. The summed E-state index contributed by atoms with van der Waals surface area (Å²) in [5.74, 6) is -0.484. The van der Waals surface area contributed by atoms with E-state index < -0.39 is 5.97 Å². The van der Waals surface area contributed by atoms with Crippen molar-refractivity contribution in [2.24, 2.45) is 0 Å². The van der Waals surface area contributed by atoms with E-state index in [1.807, 2.05) is 12.2 Å². The van der Waals surface area contributed by atoms with E-state index in [4.69, 9.17) is 5.11 Å². The number of nitrogens with zero attached hydrogens (tertiary/aromatic N) is 1. The molecule has 0 spiro atoms. The van der Waals surface area contributed by atoms with E-state index in [1.54, 1.807) is 31.4 Å². The standard InChI is InChI=1S/C9H14O.C7H13NO2.C5H9Br.C5H8O2.C5H9.BrH.I2.2Mg.2H/c1-3-5-7-9(10)8-6-4-2;1-4-5-6-7(9)8(2)10-3;1-2-3-4-5-6;1-2-3-4-5(6)7;1-3-5-4-2;;1-2;;;;/h3-4H,1-2,5-8H2;4H,1,5-6H2,2-3H3;2H,1,3-5H2;2H,1,3-4H2,(H,6,7);3H,1-2,4-5H2;1H;;;;;/q;;;;-1;;;2*+2;2*-1/p-1. The Kier molecular flexibility index (Phi) is 107. The second-order valence-corrected chi connectivity index (χ2v) is 8.16. The van der Waals surface area contributed by atoms with Gasteiger partial charge >= 0.3 is 52.1 Å². The van der Waals surface area contributed by atoms with Crippen LogP contribution in [0.15, 0.2) is 75.9 Å². The molecule has 0 aliphatic heterocycles. The summed E-state index contributed by atoms with van der Waals surface area (Å²) in [6, 6.07) is 0. The van der Waals surface area contributed by atoms with Gasteiger partial charge in [-0.05, 0) is 38.5 Å². The zero-order valence-corrected chi connectivity index (χ0v) is 36.9. The number of carbonyl (C=O) groups is 3. The van der Waals surface area contributed by atoms with Crippen LogP contribution in [0.1, 0.15) is 79.9 Å². The van der Waals surface area contributed by atoms with Gasteiger partial charge in [-0.3, -0.25) is 19.2 Å². The van der Waals surface area contributed by atoms with Crippen molar-refractivity contribution in [1.29, 1.82) is 0 Å². The largest absolute Gasteiger partial charge is 2.00 e. The molecular weight excluding hydrogens is 929 g/mol. The first-order chi connectivity index (χ1) is 19.1. The molecule has 0 aliphatic carbocycles. The number of carbonyl (C=O) groups excluding carboxylic acids is 2. The average molecular weight is 984 g/mol. The zero-order chi connectivity index (χ0) is 32.5. The molecule has 0 bridgehead atoms. The number of allylic oxidation sites excluding steroid dienone is 6. The molecule has 0 saturated carbocycles. The molecule has 43 heavy (non-hydrogen) atoms. The predicted molar refractivity (Wildman–Crippen MR) is 210 cm³/mol. The predicted octanol–water partition coefficient (Wildman–Crippen LogP) is 6.87. The number of halogens is 4. The molecule has 0 unspecified atom stereocenters. The van der Waals surface area contributed by atoms with Crippen molar-refractivity contribution in [3.63, 3.8) is 0 Å². The van der Waals surface area contributed by atoms with Crippen LogP contribution in [0.5, 0.6) is 0 Å². The van der Waals surface area contributed by atoms with E-state index in [0.717, 1.165) is 37.4 Å². The summed E-state index contributed by atoms with van der Waals surface area (Å²) in [5.41, 5.74) is 0. The Morgan fingerprint density at radius 1 is 0.791 bits per heavy atom. The van der Waals surface area contributed by atoms with Crippen LogP contribution in [0.3, 0.4) is 0 Å². The summed E-state index contributed by atoms with van der Waals surface area (Å²) in [4.78, 5) is 36.1. The molecule has 0 aromatic carbocycles. The third kappa shape index (κ3) is 92.2. The maximum Gasteiger partial charge on any atom is 2.00 e. The molecule has 0 radical (unpaired) electrons. The number of rotatable bonds is 18. The second kappa shape index (κ2) is 69.6. The number of hydrogen-bond donors (Lipinski definition) is 1. The van der Waals surface area contributed by atoms with Gasteiger partial charge in [0.1, 0.15) is 5.78 Å². The Morgan fingerprint density at radius 2 is 1.14 bits per heavy atom. The first-order valence-corrected chi connectivity index (χ1v) is 20.2. The van der Waals surface area contributed by atoms with Crippen LogP contribution in [0.25, 0.3) is 0 Å². The number of Topliss-reactive ketones (excluding diaryl/α,β-unsaturated/α-hetero) is 1. The molecule has 0 atom stereocenters. The first kappa shape index (κ1) is 66.4. The van der Waals surface area contributed by atoms with Gasteiger partial charge in [-0.2, -0.15) is 6.42 Å². The number of hydrogen-bond acceptors (Lipinski definition) is 4. The molecule has 0 heterocycles. The van der Waals surface area contributed by atoms with Crippen LogP contribution < -0.4 is 17.0 Å². The fourth-order valence-electron chi connectivity index (χ4n) is 1.73. The Bertz CT molecular complexity index is 643. The van der Waals surface area contributed by atoms with Gasteiger partial charge in [0, 0.05) is 75.3 Å². The van der Waals surface area contributed by atoms with Crippen LogP contribution >= 0.6 is 53.2 Å². The minimum atomic E-state index is -0.764. The number of carboxylic acid groups (broad SMARTS) is 1. The minimum Gasteiger partial charge on any atom is -1.00 e. The molecule has 246 valence electrons. The third-order valence-corrected chi connectivity index (χ3v) is 4.52. The summed E-state index contributed by atoms with van der Waals surface area (Å²) in [5, 5.41) is 10.3. The van der Waals surface area contributed by atoms with Crippen molar-refractivity contribution < 1.29 is 44.2 Å². The number of aliphatic carboxylic acids is 1. The number of carboxylic acids is 1. The van der Waals surface area contributed by atoms with Gasteiger partial charge in [0.25, 0.3) is 0 Å². The second-order valence-electron chi connectivity index (χ2n) is 7.37. The SMILES string of the molecule is C=CCCC(=O)CCC=C.C=CCCC(=O)N(C)OC.C=CCCC(=O)O.C=CCCCBr.C=CCC[CH2-].II.[Br-].[H-].[H-].[Mg+2].[Mg+2]. The maximum absolute atomic E-state index is 10.9. The van der Waals surface area contributed by atoms with Gasteiger partial charge in [0.2, 0.25) is 5.91 Å². The van der Waals surface area contributed by atoms with Crippen molar-refractivity contribution >= 4 is 117 Å². The number of amides is 1. The molecule has 1 N–H and O–H groups in total. The quantitative estimate of drug-likeness (QED) is 0.0309. The summed E-state index contributed by atoms with van der Waals surface area (Å²) in [7, 11) is 3.05. The number of hydroxylamine groups is 2. The maximum atomic E-state index is 10.9. The van der Waals surface area contributed by atoms with Crippen LogP contribution in [0, 0.1) is 6.92 Å². The summed E-state index contributed by atoms with van der Waals surface area (Å²) < 4.78 is 0. The molecule has 6 nitrogen and oxygen atoms in total. The summed E-state index contributed by atoms with van der Waals surface area (Å²) in [6.07, 6.45) is 19.8. The molecule has 1 amide bonds. The molecule has 0 aliphatic rings. The third-order valence-electron chi connectivity index (χ3n) is 3.95. The molecule has 0 aromatic rings. The van der Waals surface area contributed by atoms with Gasteiger partial charge in [-0.25, -0.2) is 5.06 Å². The summed E-state index contributed by atoms with van der Waals surface area (Å²) in [6.45, 7) is 24.6. The molecule has 0 fully saturated rings. The van der Waals surface area contributed by atoms with Crippen molar-refractivity contribution in [1.82, 2.24) is 5.06 Å². The molecular formula is C31H55Br2I2Mg2NO5. The van der Waals surface area contributed by atoms with E-state index in [2.05, 4.69) is 104 Å². The first-order valence-electron chi connectivity index (χ1n) is 12.8. The Balaban J connectivity index is -0.0000000349. The monoisotopic (exact) mass is 981 g/mol. The van der Waals surface area contributed by atoms with Crippen LogP contribution in [0.4, 0.5) is 0 Å². The van der Waals surface area contributed by atoms with Gasteiger partial charge in [0.05, 0.1) is 7.11 Å². The van der Waals surface area contributed by atoms with Crippen molar-refractivity contribution in [3.8, 4) is 0 Å². The number of ketones is 1. The van der Waals surface area contributed by atoms with E-state index in [-0.39, 0.29) is 78.3 Å². The Morgan fingerprint density at radius 3 is 1.35 bits per heavy atom. The van der Waals surface area contributed by atoms with Crippen LogP contribution in [-0.4, -0.2) is 93.4 Å². The van der Waals surface area contributed by atoms with E-state index in [1.165, 1.54) is 18.6 Å². The van der Waals surface area contributed by atoms with Crippen LogP contribution in [-0.2, 0) is 19.2 Å².